The summed E-state index contributed by atoms with van der Waals surface area (Å²) < 4.78 is 3.01. The van der Waals surface area contributed by atoms with E-state index in [1.165, 1.54) is 6.42 Å². The maximum absolute atomic E-state index is 12.1. The monoisotopic (exact) mass is 342 g/mol. The van der Waals surface area contributed by atoms with Crippen molar-refractivity contribution in [3.8, 4) is 0 Å². The average molecular weight is 343 g/mol. The van der Waals surface area contributed by atoms with Crippen LogP contribution in [0, 0.1) is 6.92 Å². The summed E-state index contributed by atoms with van der Waals surface area (Å²) in [5.41, 5.74) is 2.10. The Morgan fingerprint density at radius 1 is 1.35 bits per heavy atom. The van der Waals surface area contributed by atoms with Gasteiger partial charge in [-0.3, -0.25) is 9.48 Å². The van der Waals surface area contributed by atoms with Gasteiger partial charge in [0.15, 0.2) is 0 Å². The standard InChI is InChI=1S/C14H23BrN4O/c1-3-19-12(14(15)11(2)17-19)9-16-10-13(20)18-7-5-4-6-8-18/h16H,3-10H2,1-2H3. The van der Waals surface area contributed by atoms with Gasteiger partial charge in [-0.2, -0.15) is 5.10 Å². The number of halogens is 1. The van der Waals surface area contributed by atoms with Crippen LogP contribution in [0.1, 0.15) is 37.6 Å². The molecule has 2 rings (SSSR count). The van der Waals surface area contributed by atoms with Gasteiger partial charge in [0.1, 0.15) is 0 Å². The van der Waals surface area contributed by atoms with Gasteiger partial charge in [0.25, 0.3) is 0 Å². The number of nitrogens with zero attached hydrogens (tertiary/aromatic N) is 3. The summed E-state index contributed by atoms with van der Waals surface area (Å²) >= 11 is 3.57. The van der Waals surface area contributed by atoms with E-state index in [1.54, 1.807) is 0 Å². The van der Waals surface area contributed by atoms with Gasteiger partial charge in [0.2, 0.25) is 5.91 Å². The van der Waals surface area contributed by atoms with Crippen LogP contribution in [0.4, 0.5) is 0 Å². The fourth-order valence-corrected chi connectivity index (χ4v) is 3.00. The second-order valence-corrected chi connectivity index (χ2v) is 6.00. The predicted molar refractivity (Wildman–Crippen MR) is 82.5 cm³/mol. The number of carbonyl (C=O) groups excluding carboxylic acids is 1. The van der Waals surface area contributed by atoms with Crippen molar-refractivity contribution in [3.05, 3.63) is 15.9 Å². The van der Waals surface area contributed by atoms with Gasteiger partial charge in [-0.25, -0.2) is 0 Å². The van der Waals surface area contributed by atoms with E-state index >= 15 is 0 Å². The molecular weight excluding hydrogens is 320 g/mol. The highest BCUT2D eigenvalue weighted by Crippen LogP contribution is 2.20. The number of piperidine rings is 1. The van der Waals surface area contributed by atoms with Crippen LogP contribution >= 0.6 is 15.9 Å². The van der Waals surface area contributed by atoms with Crippen molar-refractivity contribution in [1.82, 2.24) is 20.0 Å². The quantitative estimate of drug-likeness (QED) is 0.891. The van der Waals surface area contributed by atoms with Gasteiger partial charge >= 0.3 is 0 Å². The van der Waals surface area contributed by atoms with Crippen LogP contribution < -0.4 is 5.32 Å². The molecule has 0 radical (unpaired) electrons. The van der Waals surface area contributed by atoms with Gasteiger partial charge < -0.3 is 10.2 Å². The smallest absolute Gasteiger partial charge is 0.236 e. The van der Waals surface area contributed by atoms with Crippen LogP contribution in [-0.4, -0.2) is 40.2 Å². The minimum Gasteiger partial charge on any atom is -0.342 e. The lowest BCUT2D eigenvalue weighted by Gasteiger charge is -2.26. The van der Waals surface area contributed by atoms with Crippen molar-refractivity contribution < 1.29 is 4.79 Å². The van der Waals surface area contributed by atoms with E-state index in [1.807, 2.05) is 16.5 Å². The fraction of sp³-hybridized carbons (Fsp3) is 0.714. The molecule has 1 amide bonds. The molecule has 20 heavy (non-hydrogen) atoms. The first kappa shape index (κ1) is 15.5. The third kappa shape index (κ3) is 3.61. The second-order valence-electron chi connectivity index (χ2n) is 5.21. The Balaban J connectivity index is 1.85. The van der Waals surface area contributed by atoms with Crippen molar-refractivity contribution in [2.45, 2.75) is 46.2 Å². The number of rotatable bonds is 5. The first-order valence-corrected chi connectivity index (χ1v) is 8.13. The molecule has 1 aromatic rings. The average Bonchev–Trinajstić information content (AvgIpc) is 2.75. The Hall–Kier alpha value is -0.880. The predicted octanol–water partition coefficient (Wildman–Crippen LogP) is 2.08. The number of aryl methyl sites for hydroxylation is 2. The largest absolute Gasteiger partial charge is 0.342 e. The summed E-state index contributed by atoms with van der Waals surface area (Å²) in [6, 6.07) is 0. The molecule has 1 aliphatic rings. The number of likely N-dealkylation sites (tertiary alicyclic amines) is 1. The second kappa shape index (κ2) is 7.22. The van der Waals surface area contributed by atoms with Crippen molar-refractivity contribution in [3.63, 3.8) is 0 Å². The number of amides is 1. The molecule has 5 nitrogen and oxygen atoms in total. The molecule has 1 N–H and O–H groups in total. The number of aromatic nitrogens is 2. The van der Waals surface area contributed by atoms with Crippen molar-refractivity contribution >= 4 is 21.8 Å². The van der Waals surface area contributed by atoms with Gasteiger partial charge in [-0.05, 0) is 49.0 Å². The van der Waals surface area contributed by atoms with Crippen LogP contribution in [0.3, 0.4) is 0 Å². The Morgan fingerprint density at radius 3 is 2.70 bits per heavy atom. The Bertz CT molecular complexity index is 466. The molecule has 0 atom stereocenters. The van der Waals surface area contributed by atoms with Gasteiger partial charge in [-0.15, -0.1) is 0 Å². The zero-order valence-corrected chi connectivity index (χ0v) is 13.9. The number of hydrogen-bond donors (Lipinski definition) is 1. The molecule has 1 aliphatic heterocycles. The minimum absolute atomic E-state index is 0.208. The maximum Gasteiger partial charge on any atom is 0.236 e. The molecule has 0 unspecified atom stereocenters. The molecule has 1 fully saturated rings. The van der Waals surface area contributed by atoms with E-state index < -0.39 is 0 Å². The lowest BCUT2D eigenvalue weighted by atomic mass is 10.1. The zero-order valence-electron chi connectivity index (χ0n) is 12.3. The third-order valence-electron chi connectivity index (χ3n) is 3.73. The molecule has 0 aliphatic carbocycles. The first-order chi connectivity index (χ1) is 9.63. The van der Waals surface area contributed by atoms with Crippen LogP contribution in [0.15, 0.2) is 4.47 Å². The minimum atomic E-state index is 0.208. The van der Waals surface area contributed by atoms with E-state index in [4.69, 9.17) is 0 Å². The van der Waals surface area contributed by atoms with E-state index in [2.05, 4.69) is 33.3 Å². The fourth-order valence-electron chi connectivity index (χ4n) is 2.58. The molecule has 6 heteroatoms. The van der Waals surface area contributed by atoms with E-state index in [9.17, 15) is 4.79 Å². The summed E-state index contributed by atoms with van der Waals surface area (Å²) in [7, 11) is 0. The van der Waals surface area contributed by atoms with E-state index in [0.717, 1.165) is 48.3 Å². The van der Waals surface area contributed by atoms with Crippen molar-refractivity contribution in [2.75, 3.05) is 19.6 Å². The highest BCUT2D eigenvalue weighted by molar-refractivity contribution is 9.10. The zero-order chi connectivity index (χ0) is 14.5. The number of hydrogen-bond acceptors (Lipinski definition) is 3. The van der Waals surface area contributed by atoms with Gasteiger partial charge in [0.05, 0.1) is 22.4 Å². The molecule has 112 valence electrons. The lowest BCUT2D eigenvalue weighted by molar-refractivity contribution is -0.131. The lowest BCUT2D eigenvalue weighted by Crippen LogP contribution is -2.41. The number of nitrogens with one attached hydrogen (secondary N) is 1. The highest BCUT2D eigenvalue weighted by Gasteiger charge is 2.17. The van der Waals surface area contributed by atoms with E-state index in [-0.39, 0.29) is 5.91 Å². The Kier molecular flexibility index (Phi) is 5.60. The molecule has 1 aromatic heterocycles. The summed E-state index contributed by atoms with van der Waals surface area (Å²) in [5, 5.41) is 7.70. The molecule has 0 aromatic carbocycles. The summed E-state index contributed by atoms with van der Waals surface area (Å²) in [6.45, 7) is 7.78. The Morgan fingerprint density at radius 2 is 2.05 bits per heavy atom. The van der Waals surface area contributed by atoms with Crippen LogP contribution in [0.2, 0.25) is 0 Å². The van der Waals surface area contributed by atoms with Crippen LogP contribution in [0.5, 0.6) is 0 Å². The first-order valence-electron chi connectivity index (χ1n) is 7.33. The summed E-state index contributed by atoms with van der Waals surface area (Å²) in [6.07, 6.45) is 3.53. The number of carbonyl (C=O) groups is 1. The van der Waals surface area contributed by atoms with Crippen molar-refractivity contribution in [2.24, 2.45) is 0 Å². The molecular formula is C14H23BrN4O. The van der Waals surface area contributed by atoms with Crippen LogP contribution in [0.25, 0.3) is 0 Å². The molecule has 2 heterocycles. The Labute approximate surface area is 128 Å². The molecule has 0 spiro atoms. The summed E-state index contributed by atoms with van der Waals surface area (Å²) in [5.74, 6) is 0.208. The molecule has 1 saturated heterocycles. The van der Waals surface area contributed by atoms with Gasteiger partial charge in [-0.1, -0.05) is 0 Å². The normalized spacial score (nSPS) is 15.7. The third-order valence-corrected chi connectivity index (χ3v) is 4.76. The highest BCUT2D eigenvalue weighted by atomic mass is 79.9. The SMILES string of the molecule is CCn1nc(C)c(Br)c1CNCC(=O)N1CCCCC1. The molecule has 0 bridgehead atoms. The summed E-state index contributed by atoms with van der Waals surface area (Å²) in [4.78, 5) is 14.0. The molecule has 0 saturated carbocycles. The topological polar surface area (TPSA) is 50.2 Å². The van der Waals surface area contributed by atoms with Gasteiger partial charge in [0, 0.05) is 26.2 Å². The maximum atomic E-state index is 12.1. The van der Waals surface area contributed by atoms with Crippen molar-refractivity contribution in [1.29, 1.82) is 0 Å². The van der Waals surface area contributed by atoms with E-state index in [0.29, 0.717) is 13.1 Å². The van der Waals surface area contributed by atoms with Crippen LogP contribution in [-0.2, 0) is 17.9 Å².